The smallest absolute Gasteiger partial charge is 0.325 e. The molecule has 3 heterocycles. The number of nitrogens with zero attached hydrogens (tertiary/aromatic N) is 3. The maximum absolute atomic E-state index is 12.8. The van der Waals surface area contributed by atoms with Crippen molar-refractivity contribution in [1.29, 1.82) is 0 Å². The van der Waals surface area contributed by atoms with Crippen LogP contribution >= 0.6 is 0 Å². The number of carbonyl (C=O) groups excluding carboxylic acids is 2. The van der Waals surface area contributed by atoms with Gasteiger partial charge in [-0.05, 0) is 81.3 Å². The molecule has 3 amide bonds. The maximum Gasteiger partial charge on any atom is 0.332 e. The van der Waals surface area contributed by atoms with Crippen molar-refractivity contribution in [1.82, 2.24) is 9.80 Å². The van der Waals surface area contributed by atoms with Crippen LogP contribution in [0.2, 0.25) is 0 Å². The Balaban J connectivity index is 1.32. The fourth-order valence-corrected chi connectivity index (χ4v) is 5.57. The van der Waals surface area contributed by atoms with Crippen molar-refractivity contribution in [3.63, 3.8) is 0 Å². The van der Waals surface area contributed by atoms with E-state index < -0.39 is 6.04 Å². The van der Waals surface area contributed by atoms with Crippen LogP contribution in [0.3, 0.4) is 0 Å². The van der Waals surface area contributed by atoms with Gasteiger partial charge in [-0.1, -0.05) is 18.6 Å². The Kier molecular flexibility index (Phi) is 4.43. The van der Waals surface area contributed by atoms with Gasteiger partial charge in [-0.3, -0.25) is 4.79 Å². The summed E-state index contributed by atoms with van der Waals surface area (Å²) in [7, 11) is 0. The summed E-state index contributed by atoms with van der Waals surface area (Å²) in [5, 5.41) is 0. The van der Waals surface area contributed by atoms with Crippen LogP contribution in [-0.4, -0.2) is 60.0 Å². The van der Waals surface area contributed by atoms with E-state index in [4.69, 9.17) is 5.73 Å². The number of carbonyl (C=O) groups is 2. The van der Waals surface area contributed by atoms with Crippen molar-refractivity contribution in [2.24, 2.45) is 5.73 Å². The zero-order chi connectivity index (χ0) is 19.3. The number of imide groups is 1. The van der Waals surface area contributed by atoms with Gasteiger partial charge in [0.05, 0.1) is 5.69 Å². The van der Waals surface area contributed by atoms with Gasteiger partial charge in [0.2, 0.25) is 0 Å². The molecule has 0 unspecified atom stereocenters. The van der Waals surface area contributed by atoms with Gasteiger partial charge < -0.3 is 15.5 Å². The minimum atomic E-state index is -0.481. The summed E-state index contributed by atoms with van der Waals surface area (Å²) in [6.07, 6.45) is 8.36. The lowest BCUT2D eigenvalue weighted by atomic mass is 9.62. The van der Waals surface area contributed by atoms with Crippen LogP contribution in [0.4, 0.5) is 10.5 Å². The van der Waals surface area contributed by atoms with Crippen molar-refractivity contribution < 1.29 is 9.59 Å². The summed E-state index contributed by atoms with van der Waals surface area (Å²) in [5.74, 6) is -0.171. The van der Waals surface area contributed by atoms with Gasteiger partial charge in [-0.25, -0.2) is 9.69 Å². The van der Waals surface area contributed by atoms with E-state index in [0.717, 1.165) is 0 Å². The molecule has 6 heteroatoms. The lowest BCUT2D eigenvalue weighted by Gasteiger charge is -2.43. The van der Waals surface area contributed by atoms with Gasteiger partial charge in [0.15, 0.2) is 0 Å². The third-order valence-corrected chi connectivity index (χ3v) is 7.51. The second-order valence-electron chi connectivity index (χ2n) is 9.03. The molecule has 1 aromatic carbocycles. The Hall–Kier alpha value is -1.92. The van der Waals surface area contributed by atoms with Crippen molar-refractivity contribution in [3.8, 4) is 0 Å². The Morgan fingerprint density at radius 1 is 1.00 bits per heavy atom. The summed E-state index contributed by atoms with van der Waals surface area (Å²) >= 11 is 0. The Labute approximate surface area is 166 Å². The number of fused-ring (bicyclic) bond motifs is 1. The lowest BCUT2D eigenvalue weighted by Crippen LogP contribution is -2.41. The van der Waals surface area contributed by atoms with Gasteiger partial charge >= 0.3 is 6.03 Å². The highest BCUT2D eigenvalue weighted by molar-refractivity contribution is 6.21. The fraction of sp³-hybridized carbons (Fsp3) is 0.636. The summed E-state index contributed by atoms with van der Waals surface area (Å²) in [5.41, 5.74) is 8.37. The number of benzene rings is 1. The van der Waals surface area contributed by atoms with Gasteiger partial charge in [-0.15, -0.1) is 0 Å². The first-order valence-electron chi connectivity index (χ1n) is 10.8. The van der Waals surface area contributed by atoms with Crippen LogP contribution in [0, 0.1) is 0 Å². The van der Waals surface area contributed by atoms with Crippen molar-refractivity contribution in [2.75, 3.05) is 31.1 Å². The number of urea groups is 1. The van der Waals surface area contributed by atoms with Gasteiger partial charge in [0, 0.05) is 12.6 Å². The molecule has 2 N–H and O–H groups in total. The zero-order valence-corrected chi connectivity index (χ0v) is 16.5. The molecule has 2 atom stereocenters. The average Bonchev–Trinajstić information content (AvgIpc) is 3.36. The molecule has 4 aliphatic rings. The van der Waals surface area contributed by atoms with Gasteiger partial charge in [0.1, 0.15) is 6.04 Å². The molecule has 0 spiro atoms. The van der Waals surface area contributed by atoms with Crippen LogP contribution in [0.5, 0.6) is 0 Å². The number of hydrogen-bond acceptors (Lipinski definition) is 4. The highest BCUT2D eigenvalue weighted by atomic mass is 16.2. The minimum Gasteiger partial charge on any atom is -0.325 e. The number of nitrogens with two attached hydrogens (primary N) is 1. The quantitative estimate of drug-likeness (QED) is 0.794. The molecule has 28 heavy (non-hydrogen) atoms. The van der Waals surface area contributed by atoms with E-state index in [1.165, 1.54) is 68.6 Å². The predicted octanol–water partition coefficient (Wildman–Crippen LogP) is 2.46. The second-order valence-corrected chi connectivity index (χ2v) is 9.03. The molecule has 3 aliphatic heterocycles. The SMILES string of the molecule is N[C@@H]1CCN2C(=O)N(c3ccc(C4(CCN5CCCC5)CCC4)cc3)C(=O)[C@H]12. The van der Waals surface area contributed by atoms with Gasteiger partial charge in [0.25, 0.3) is 5.91 Å². The minimum absolute atomic E-state index is 0.171. The summed E-state index contributed by atoms with van der Waals surface area (Å²) < 4.78 is 0. The molecule has 1 aliphatic carbocycles. The van der Waals surface area contributed by atoms with Crippen LogP contribution in [0.15, 0.2) is 24.3 Å². The summed E-state index contributed by atoms with van der Waals surface area (Å²) in [6, 6.07) is 7.24. The first-order valence-corrected chi connectivity index (χ1v) is 10.8. The molecule has 150 valence electrons. The topological polar surface area (TPSA) is 69.9 Å². The zero-order valence-electron chi connectivity index (χ0n) is 16.5. The third kappa shape index (κ3) is 2.77. The van der Waals surface area contributed by atoms with E-state index in [0.29, 0.717) is 18.7 Å². The molecule has 0 radical (unpaired) electrons. The van der Waals surface area contributed by atoms with E-state index in [1.54, 1.807) is 4.90 Å². The molecule has 4 fully saturated rings. The molecular weight excluding hydrogens is 352 g/mol. The predicted molar refractivity (Wildman–Crippen MR) is 108 cm³/mol. The third-order valence-electron chi connectivity index (χ3n) is 7.51. The fourth-order valence-electron chi connectivity index (χ4n) is 5.57. The van der Waals surface area contributed by atoms with Crippen molar-refractivity contribution in [3.05, 3.63) is 29.8 Å². The van der Waals surface area contributed by atoms with E-state index in [9.17, 15) is 9.59 Å². The van der Waals surface area contributed by atoms with Crippen LogP contribution < -0.4 is 10.6 Å². The number of hydrogen-bond donors (Lipinski definition) is 1. The molecule has 3 saturated heterocycles. The molecule has 5 rings (SSSR count). The van der Waals surface area contributed by atoms with Crippen LogP contribution in [0.25, 0.3) is 0 Å². The summed E-state index contributed by atoms with van der Waals surface area (Å²) in [4.78, 5) is 31.0. The molecular formula is C22H30N4O2. The highest BCUT2D eigenvalue weighted by Gasteiger charge is 2.51. The van der Waals surface area contributed by atoms with E-state index in [2.05, 4.69) is 17.0 Å². The maximum atomic E-state index is 12.8. The van der Waals surface area contributed by atoms with Gasteiger partial charge in [-0.2, -0.15) is 0 Å². The van der Waals surface area contributed by atoms with E-state index >= 15 is 0 Å². The first kappa shape index (κ1) is 18.1. The standard InChI is InChI=1S/C22H30N4O2/c23-18-8-14-25-19(18)20(27)26(21(25)28)17-6-4-16(5-7-17)22(9-3-10-22)11-15-24-12-1-2-13-24/h4-7,18-19H,1-3,8-15,23H2/t18-,19+/m1/s1. The summed E-state index contributed by atoms with van der Waals surface area (Å²) in [6.45, 7) is 4.24. The van der Waals surface area contributed by atoms with Crippen LogP contribution in [-0.2, 0) is 10.2 Å². The van der Waals surface area contributed by atoms with Crippen molar-refractivity contribution >= 4 is 17.6 Å². The average molecular weight is 383 g/mol. The highest BCUT2D eigenvalue weighted by Crippen LogP contribution is 2.47. The number of amides is 3. The second kappa shape index (κ2) is 6.85. The number of rotatable bonds is 5. The number of likely N-dealkylation sites (tertiary alicyclic amines) is 1. The van der Waals surface area contributed by atoms with Crippen molar-refractivity contribution in [2.45, 2.75) is 62.4 Å². The molecule has 0 aromatic heterocycles. The monoisotopic (exact) mass is 382 g/mol. The molecule has 1 saturated carbocycles. The molecule has 1 aromatic rings. The normalized spacial score (nSPS) is 29.5. The number of anilines is 1. The van der Waals surface area contributed by atoms with E-state index in [1.807, 2.05) is 12.1 Å². The van der Waals surface area contributed by atoms with E-state index in [-0.39, 0.29) is 23.4 Å². The first-order chi connectivity index (χ1) is 13.6. The Morgan fingerprint density at radius 2 is 1.71 bits per heavy atom. The Morgan fingerprint density at radius 3 is 2.32 bits per heavy atom. The Bertz CT molecular complexity index is 767. The lowest BCUT2D eigenvalue weighted by molar-refractivity contribution is -0.119. The van der Waals surface area contributed by atoms with Crippen LogP contribution in [0.1, 0.15) is 50.5 Å². The molecule has 0 bridgehead atoms. The largest absolute Gasteiger partial charge is 0.332 e. The molecule has 6 nitrogen and oxygen atoms in total.